The molecule has 2 fully saturated rings. The van der Waals surface area contributed by atoms with Gasteiger partial charge in [0.15, 0.2) is 0 Å². The summed E-state index contributed by atoms with van der Waals surface area (Å²) in [6, 6.07) is 0.645. The maximum Gasteiger partial charge on any atom is 0.390 e. The fourth-order valence-electron chi connectivity index (χ4n) is 2.94. The first-order valence-electron chi connectivity index (χ1n) is 6.99. The van der Waals surface area contributed by atoms with E-state index in [1.54, 1.807) is 11.9 Å². The van der Waals surface area contributed by atoms with E-state index in [2.05, 4.69) is 5.32 Å². The van der Waals surface area contributed by atoms with Crippen molar-refractivity contribution >= 4 is 0 Å². The summed E-state index contributed by atoms with van der Waals surface area (Å²) in [5.74, 6) is 0. The maximum atomic E-state index is 12.2. The lowest BCUT2D eigenvalue weighted by Crippen LogP contribution is -2.49. The van der Waals surface area contributed by atoms with Crippen LogP contribution in [0.3, 0.4) is 0 Å². The summed E-state index contributed by atoms with van der Waals surface area (Å²) in [5.41, 5.74) is -0.266. The molecule has 2 N–H and O–H groups in total. The molecule has 3 nitrogen and oxygen atoms in total. The van der Waals surface area contributed by atoms with E-state index in [4.69, 9.17) is 0 Å². The van der Waals surface area contributed by atoms with E-state index >= 15 is 0 Å². The third-order valence-electron chi connectivity index (χ3n) is 4.34. The van der Waals surface area contributed by atoms with Gasteiger partial charge in [-0.3, -0.25) is 0 Å². The molecule has 2 aliphatic carbocycles. The number of halogens is 3. The van der Waals surface area contributed by atoms with Gasteiger partial charge in [0.05, 0.1) is 13.0 Å². The van der Waals surface area contributed by atoms with Crippen LogP contribution in [0.5, 0.6) is 0 Å². The predicted molar refractivity (Wildman–Crippen MR) is 66.9 cm³/mol. The highest BCUT2D eigenvalue weighted by Gasteiger charge is 2.43. The molecule has 0 radical (unpaired) electrons. The zero-order valence-electron chi connectivity index (χ0n) is 11.3. The van der Waals surface area contributed by atoms with Crippen molar-refractivity contribution in [2.75, 3.05) is 20.2 Å². The number of nitrogens with one attached hydrogen (secondary N) is 1. The van der Waals surface area contributed by atoms with Crippen LogP contribution >= 0.6 is 0 Å². The molecule has 0 amide bonds. The second kappa shape index (κ2) is 5.58. The van der Waals surface area contributed by atoms with E-state index < -0.39 is 12.6 Å². The number of hydrogen-bond donors (Lipinski definition) is 2. The lowest BCUT2D eigenvalue weighted by atomic mass is 9.98. The van der Waals surface area contributed by atoms with Crippen molar-refractivity contribution in [3.8, 4) is 0 Å². The fourth-order valence-corrected chi connectivity index (χ4v) is 2.94. The van der Waals surface area contributed by atoms with Gasteiger partial charge in [0, 0.05) is 24.2 Å². The van der Waals surface area contributed by atoms with E-state index in [1.165, 1.54) is 0 Å². The average molecular weight is 280 g/mol. The second-order valence-electron chi connectivity index (χ2n) is 6.10. The van der Waals surface area contributed by atoms with Crippen molar-refractivity contribution in [1.82, 2.24) is 10.2 Å². The first-order valence-corrected chi connectivity index (χ1v) is 6.99. The van der Waals surface area contributed by atoms with Gasteiger partial charge in [-0.1, -0.05) is 0 Å². The first kappa shape index (κ1) is 15.1. The van der Waals surface area contributed by atoms with E-state index in [-0.39, 0.29) is 24.7 Å². The molecule has 2 aliphatic rings. The average Bonchev–Trinajstić information content (AvgIpc) is 3.03. The van der Waals surface area contributed by atoms with Gasteiger partial charge in [0.2, 0.25) is 0 Å². The topological polar surface area (TPSA) is 35.5 Å². The molecule has 0 aromatic carbocycles. The Morgan fingerprint density at radius 1 is 1.32 bits per heavy atom. The van der Waals surface area contributed by atoms with Gasteiger partial charge >= 0.3 is 6.18 Å². The molecule has 0 saturated heterocycles. The van der Waals surface area contributed by atoms with Crippen molar-refractivity contribution in [2.45, 2.75) is 62.3 Å². The quantitative estimate of drug-likeness (QED) is 0.780. The molecule has 0 aromatic heterocycles. The molecule has 0 bridgehead atoms. The summed E-state index contributed by atoms with van der Waals surface area (Å²) >= 11 is 0. The van der Waals surface area contributed by atoms with Crippen LogP contribution in [0.4, 0.5) is 13.2 Å². The number of rotatable bonds is 6. The van der Waals surface area contributed by atoms with Crippen LogP contribution < -0.4 is 5.32 Å². The van der Waals surface area contributed by atoms with Gasteiger partial charge in [-0.2, -0.15) is 13.2 Å². The van der Waals surface area contributed by atoms with Crippen LogP contribution in [0.2, 0.25) is 0 Å². The van der Waals surface area contributed by atoms with Crippen LogP contribution in [0.25, 0.3) is 0 Å². The highest BCUT2D eigenvalue weighted by atomic mass is 19.4. The Morgan fingerprint density at radius 2 is 2.00 bits per heavy atom. The molecule has 0 spiro atoms. The van der Waals surface area contributed by atoms with Crippen molar-refractivity contribution in [2.24, 2.45) is 0 Å². The SMILES string of the molecule is CN(CCC(F)(F)F)C1CCC(CO)(NC2CC2)C1. The first-order chi connectivity index (χ1) is 8.84. The molecular formula is C13H23F3N2O. The molecular weight excluding hydrogens is 257 g/mol. The predicted octanol–water partition coefficient (Wildman–Crippen LogP) is 1.91. The van der Waals surface area contributed by atoms with Gasteiger partial charge in [-0.15, -0.1) is 0 Å². The standard InChI is InChI=1S/C13H23F3N2O/c1-18(7-6-13(14,15)16)11-4-5-12(8-11,9-19)17-10-2-3-10/h10-11,17,19H,2-9H2,1H3. The van der Waals surface area contributed by atoms with Crippen molar-refractivity contribution in [3.63, 3.8) is 0 Å². The highest BCUT2D eigenvalue weighted by molar-refractivity contribution is 5.02. The summed E-state index contributed by atoms with van der Waals surface area (Å²) in [6.45, 7) is 0.117. The summed E-state index contributed by atoms with van der Waals surface area (Å²) < 4.78 is 36.7. The van der Waals surface area contributed by atoms with Crippen LogP contribution in [0, 0.1) is 0 Å². The summed E-state index contributed by atoms with van der Waals surface area (Å²) in [5, 5.41) is 13.1. The van der Waals surface area contributed by atoms with Gasteiger partial charge in [0.1, 0.15) is 0 Å². The van der Waals surface area contributed by atoms with Crippen LogP contribution in [0.15, 0.2) is 0 Å². The lowest BCUT2D eigenvalue weighted by Gasteiger charge is -2.31. The second-order valence-corrected chi connectivity index (χ2v) is 6.10. The number of alkyl halides is 3. The largest absolute Gasteiger partial charge is 0.394 e. The van der Waals surface area contributed by atoms with Gasteiger partial charge in [-0.05, 0) is 39.2 Å². The Morgan fingerprint density at radius 3 is 2.53 bits per heavy atom. The number of nitrogens with zero attached hydrogens (tertiary/aromatic N) is 1. The number of aliphatic hydroxyl groups excluding tert-OH is 1. The molecule has 2 unspecified atom stereocenters. The molecule has 2 saturated carbocycles. The molecule has 19 heavy (non-hydrogen) atoms. The van der Waals surface area contributed by atoms with E-state index in [0.717, 1.165) is 32.1 Å². The molecule has 0 aliphatic heterocycles. The minimum absolute atomic E-state index is 0.0408. The van der Waals surface area contributed by atoms with Gasteiger partial charge < -0.3 is 15.3 Å². The zero-order chi connectivity index (χ0) is 14.1. The lowest BCUT2D eigenvalue weighted by molar-refractivity contribution is -0.138. The minimum atomic E-state index is -4.09. The number of hydrogen-bond acceptors (Lipinski definition) is 3. The number of aliphatic hydroxyl groups is 1. The zero-order valence-corrected chi connectivity index (χ0v) is 11.3. The molecule has 0 heterocycles. The Kier molecular flexibility index (Phi) is 4.42. The Bertz CT molecular complexity index is 307. The monoisotopic (exact) mass is 280 g/mol. The Balaban J connectivity index is 1.82. The van der Waals surface area contributed by atoms with Gasteiger partial charge in [-0.25, -0.2) is 0 Å². The molecule has 6 heteroatoms. The highest BCUT2D eigenvalue weighted by Crippen LogP contribution is 2.36. The molecule has 0 aromatic rings. The molecule has 2 atom stereocenters. The molecule has 112 valence electrons. The van der Waals surface area contributed by atoms with Crippen molar-refractivity contribution in [3.05, 3.63) is 0 Å². The van der Waals surface area contributed by atoms with Crippen LogP contribution in [0.1, 0.15) is 38.5 Å². The van der Waals surface area contributed by atoms with Crippen LogP contribution in [-0.4, -0.2) is 54.0 Å². The molecule has 2 rings (SSSR count). The van der Waals surface area contributed by atoms with Crippen molar-refractivity contribution < 1.29 is 18.3 Å². The van der Waals surface area contributed by atoms with Crippen molar-refractivity contribution in [1.29, 1.82) is 0 Å². The Labute approximate surface area is 112 Å². The Hall–Kier alpha value is -0.330. The smallest absolute Gasteiger partial charge is 0.390 e. The van der Waals surface area contributed by atoms with Gasteiger partial charge in [0.25, 0.3) is 0 Å². The third kappa shape index (κ3) is 4.33. The van der Waals surface area contributed by atoms with Crippen LogP contribution in [-0.2, 0) is 0 Å². The summed E-state index contributed by atoms with van der Waals surface area (Å²) in [7, 11) is 1.75. The van der Waals surface area contributed by atoms with E-state index in [1.807, 2.05) is 0 Å². The van der Waals surface area contributed by atoms with E-state index in [9.17, 15) is 18.3 Å². The summed E-state index contributed by atoms with van der Waals surface area (Å²) in [4.78, 5) is 1.79. The minimum Gasteiger partial charge on any atom is -0.394 e. The third-order valence-corrected chi connectivity index (χ3v) is 4.34. The van der Waals surface area contributed by atoms with E-state index in [0.29, 0.717) is 6.04 Å². The normalized spacial score (nSPS) is 32.2. The fraction of sp³-hybridized carbons (Fsp3) is 1.00. The maximum absolute atomic E-state index is 12.2. The summed E-state index contributed by atoms with van der Waals surface area (Å²) in [6.07, 6.45) is -0.105.